The average molecular weight is 575 g/mol. The number of piperazine rings is 1. The summed E-state index contributed by atoms with van der Waals surface area (Å²) in [4.78, 5) is 27.5. The predicted molar refractivity (Wildman–Crippen MR) is 137 cm³/mol. The first-order valence-electron chi connectivity index (χ1n) is 12.8. The number of rotatable bonds is 6. The number of hydrogen-bond acceptors (Lipinski definition) is 4. The highest BCUT2D eigenvalue weighted by Crippen LogP contribution is 2.37. The number of halogens is 6. The Morgan fingerprint density at radius 3 is 1.93 bits per heavy atom. The summed E-state index contributed by atoms with van der Waals surface area (Å²) < 4.78 is 78.2. The summed E-state index contributed by atoms with van der Waals surface area (Å²) in [5.41, 5.74) is -2.13. The lowest BCUT2D eigenvalue weighted by atomic mass is 10.1. The molecule has 0 spiro atoms. The molecule has 0 aliphatic carbocycles. The number of aryl methyl sites for hydroxylation is 1. The molecule has 0 bridgehead atoms. The quantitative estimate of drug-likeness (QED) is 0.460. The van der Waals surface area contributed by atoms with Crippen molar-refractivity contribution >= 4 is 17.7 Å². The first-order valence-corrected chi connectivity index (χ1v) is 12.8. The zero-order chi connectivity index (χ0) is 29.5. The van der Waals surface area contributed by atoms with E-state index in [1.54, 1.807) is 0 Å². The van der Waals surface area contributed by atoms with E-state index in [-0.39, 0.29) is 12.1 Å². The van der Waals surface area contributed by atoms with Crippen LogP contribution in [0, 0.1) is 0 Å². The molecular weight excluding hydrogens is 542 g/mol. The summed E-state index contributed by atoms with van der Waals surface area (Å²) >= 11 is 0. The lowest BCUT2D eigenvalue weighted by Gasteiger charge is -2.48. The van der Waals surface area contributed by atoms with Gasteiger partial charge in [0.25, 0.3) is 5.97 Å². The molecule has 4 rings (SSSR count). The monoisotopic (exact) mass is 574 g/mol. The van der Waals surface area contributed by atoms with E-state index in [2.05, 4.69) is 27.2 Å². The van der Waals surface area contributed by atoms with Gasteiger partial charge in [0.05, 0.1) is 11.1 Å². The van der Waals surface area contributed by atoms with Crippen molar-refractivity contribution in [2.75, 3.05) is 51.1 Å². The number of alkyl halides is 6. The van der Waals surface area contributed by atoms with Crippen LogP contribution in [0.3, 0.4) is 0 Å². The van der Waals surface area contributed by atoms with Crippen molar-refractivity contribution in [3.05, 3.63) is 65.2 Å². The van der Waals surface area contributed by atoms with Gasteiger partial charge in [-0.15, -0.1) is 0 Å². The molecule has 0 radical (unpaired) electrons. The van der Waals surface area contributed by atoms with Crippen LogP contribution in [0.4, 0.5) is 36.8 Å². The summed E-state index contributed by atoms with van der Waals surface area (Å²) in [5.74, 6) is -0.833. The van der Waals surface area contributed by atoms with Gasteiger partial charge in [0.1, 0.15) is 0 Å². The third-order valence-electron chi connectivity index (χ3n) is 6.69. The van der Waals surface area contributed by atoms with Crippen LogP contribution in [0.25, 0.3) is 0 Å². The number of amides is 2. The number of urea groups is 1. The number of carboxylic acids is 1. The molecule has 220 valence electrons. The number of carbonyl (C=O) groups excluding carboxylic acids is 1. The van der Waals surface area contributed by atoms with Gasteiger partial charge < -0.3 is 20.2 Å². The second-order valence-corrected chi connectivity index (χ2v) is 9.77. The third-order valence-corrected chi connectivity index (χ3v) is 6.69. The molecule has 2 N–H and O–H groups in total. The zero-order valence-corrected chi connectivity index (χ0v) is 21.9. The van der Waals surface area contributed by atoms with Crippen LogP contribution in [0.15, 0.2) is 48.5 Å². The van der Waals surface area contributed by atoms with E-state index in [1.807, 2.05) is 18.2 Å². The number of carbonyl (C=O) groups is 2. The van der Waals surface area contributed by atoms with Gasteiger partial charge in [-0.2, -0.15) is 26.3 Å². The number of anilines is 1. The molecule has 0 unspecified atom stereocenters. The van der Waals surface area contributed by atoms with Gasteiger partial charge >= 0.3 is 18.4 Å². The maximum Gasteiger partial charge on any atom is 0.416 e. The fraction of sp³-hybridized carbons (Fsp3) is 0.481. The van der Waals surface area contributed by atoms with E-state index < -0.39 is 41.2 Å². The molecular formula is C27H32F6N4O3. The lowest BCUT2D eigenvalue weighted by Crippen LogP contribution is -2.64. The Hall–Kier alpha value is -3.32. The van der Waals surface area contributed by atoms with Crippen LogP contribution < -0.4 is 5.32 Å². The number of aliphatic carboxylic acids is 1. The molecule has 2 aromatic rings. The van der Waals surface area contributed by atoms with Crippen LogP contribution in [-0.2, 0) is 23.6 Å². The topological polar surface area (TPSA) is 76.1 Å². The van der Waals surface area contributed by atoms with E-state index >= 15 is 0 Å². The Labute approximate surface area is 228 Å². The summed E-state index contributed by atoms with van der Waals surface area (Å²) in [5, 5.41) is 9.61. The van der Waals surface area contributed by atoms with Gasteiger partial charge in [-0.25, -0.2) is 4.79 Å². The first-order chi connectivity index (χ1) is 18.7. The minimum absolute atomic E-state index is 0.0383. The van der Waals surface area contributed by atoms with E-state index in [9.17, 15) is 31.1 Å². The molecule has 0 atom stereocenters. The standard InChI is InChI=1S/C25H28F6N4O.C2H4O2/c26-24(27,28)19-13-20(25(29,30)31)15-21(14-19)32-23(36)35-16-22(17-35)34-11-9-33(10-12-34)8-4-7-18-5-2-1-3-6-18;1-2(3)4/h1-3,5-6,13-15,22H,4,7-12,16-17H2,(H,32,36);1H3,(H,3,4). The van der Waals surface area contributed by atoms with Crippen LogP contribution in [0.2, 0.25) is 0 Å². The van der Waals surface area contributed by atoms with Crippen LogP contribution in [0.1, 0.15) is 30.0 Å². The normalized spacial score (nSPS) is 17.0. The highest BCUT2D eigenvalue weighted by molar-refractivity contribution is 5.90. The van der Waals surface area contributed by atoms with E-state index in [0.717, 1.165) is 52.5 Å². The maximum absolute atomic E-state index is 13.0. The van der Waals surface area contributed by atoms with E-state index in [4.69, 9.17) is 9.90 Å². The van der Waals surface area contributed by atoms with E-state index in [1.165, 1.54) is 10.5 Å². The van der Waals surface area contributed by atoms with Crippen molar-refractivity contribution in [2.45, 2.75) is 38.2 Å². The van der Waals surface area contributed by atoms with E-state index in [0.29, 0.717) is 25.2 Å². The second-order valence-electron chi connectivity index (χ2n) is 9.77. The Balaban J connectivity index is 0.00000103. The van der Waals surface area contributed by atoms with Gasteiger partial charge in [0, 0.05) is 57.9 Å². The SMILES string of the molecule is CC(=O)O.O=C(Nc1cc(C(F)(F)F)cc(C(F)(F)F)c1)N1CC(N2CCN(CCCc3ccccc3)CC2)C1. The number of carboxylic acid groups (broad SMARTS) is 1. The number of benzene rings is 2. The summed E-state index contributed by atoms with van der Waals surface area (Å²) in [7, 11) is 0. The van der Waals surface area contributed by atoms with Crippen molar-refractivity contribution in [3.63, 3.8) is 0 Å². The van der Waals surface area contributed by atoms with Crippen molar-refractivity contribution in [2.24, 2.45) is 0 Å². The molecule has 2 heterocycles. The minimum Gasteiger partial charge on any atom is -0.481 e. The summed E-state index contributed by atoms with van der Waals surface area (Å²) in [6, 6.07) is 10.8. The van der Waals surface area contributed by atoms with Crippen LogP contribution in [-0.4, -0.2) is 83.7 Å². The molecule has 2 saturated heterocycles. The number of hydrogen-bond donors (Lipinski definition) is 2. The van der Waals surface area contributed by atoms with Gasteiger partial charge in [-0.05, 0) is 43.1 Å². The van der Waals surface area contributed by atoms with Crippen LogP contribution in [0.5, 0.6) is 0 Å². The van der Waals surface area contributed by atoms with Gasteiger partial charge in [0.15, 0.2) is 0 Å². The largest absolute Gasteiger partial charge is 0.481 e. The highest BCUT2D eigenvalue weighted by Gasteiger charge is 2.39. The first kappa shape index (κ1) is 31.2. The fourth-order valence-corrected chi connectivity index (χ4v) is 4.59. The van der Waals surface area contributed by atoms with Gasteiger partial charge in [0.2, 0.25) is 0 Å². The molecule has 2 aliphatic heterocycles. The highest BCUT2D eigenvalue weighted by atomic mass is 19.4. The molecule has 2 amide bonds. The van der Waals surface area contributed by atoms with Crippen molar-refractivity contribution in [1.82, 2.24) is 14.7 Å². The molecule has 13 heteroatoms. The smallest absolute Gasteiger partial charge is 0.416 e. The third kappa shape index (κ3) is 9.40. The maximum atomic E-state index is 13.0. The minimum atomic E-state index is -4.97. The van der Waals surface area contributed by atoms with Crippen molar-refractivity contribution in [3.8, 4) is 0 Å². The Morgan fingerprint density at radius 2 is 1.43 bits per heavy atom. The zero-order valence-electron chi connectivity index (χ0n) is 21.9. The number of nitrogens with zero attached hydrogens (tertiary/aromatic N) is 3. The predicted octanol–water partition coefficient (Wildman–Crippen LogP) is 5.28. The lowest BCUT2D eigenvalue weighted by molar-refractivity contribution is -0.143. The molecule has 2 fully saturated rings. The van der Waals surface area contributed by atoms with Gasteiger partial charge in [-0.1, -0.05) is 30.3 Å². The number of likely N-dealkylation sites (tertiary alicyclic amines) is 1. The van der Waals surface area contributed by atoms with Gasteiger partial charge in [-0.3, -0.25) is 9.69 Å². The Morgan fingerprint density at radius 1 is 0.900 bits per heavy atom. The Kier molecular flexibility index (Phi) is 10.4. The van der Waals surface area contributed by atoms with Crippen molar-refractivity contribution in [1.29, 1.82) is 0 Å². The summed E-state index contributed by atoms with van der Waals surface area (Å²) in [6.45, 7) is 6.40. The molecule has 0 saturated carbocycles. The average Bonchev–Trinajstić information content (AvgIpc) is 2.83. The van der Waals surface area contributed by atoms with Crippen LogP contribution >= 0.6 is 0 Å². The number of nitrogens with one attached hydrogen (secondary N) is 1. The fourth-order valence-electron chi connectivity index (χ4n) is 4.59. The van der Waals surface area contributed by atoms with Crippen molar-refractivity contribution < 1.29 is 41.0 Å². The molecule has 40 heavy (non-hydrogen) atoms. The molecule has 0 aromatic heterocycles. The summed E-state index contributed by atoms with van der Waals surface area (Å²) in [6.07, 6.45) is -7.82. The second kappa shape index (κ2) is 13.4. The Bertz CT molecular complexity index is 1090. The molecule has 7 nitrogen and oxygen atoms in total. The molecule has 2 aromatic carbocycles. The molecule has 2 aliphatic rings.